The van der Waals surface area contributed by atoms with Crippen LogP contribution in [0, 0.1) is 19.8 Å². The van der Waals surface area contributed by atoms with Crippen molar-refractivity contribution in [2.75, 3.05) is 33.4 Å². The highest BCUT2D eigenvalue weighted by Gasteiger charge is 2.42. The number of piperidine rings is 1. The van der Waals surface area contributed by atoms with E-state index in [0.29, 0.717) is 23.8 Å². The summed E-state index contributed by atoms with van der Waals surface area (Å²) in [6, 6.07) is 6.04. The summed E-state index contributed by atoms with van der Waals surface area (Å²) in [7, 11) is 1.58. The molecule has 140 valence electrons. The lowest BCUT2D eigenvalue weighted by molar-refractivity contribution is -0.138. The summed E-state index contributed by atoms with van der Waals surface area (Å²) in [5, 5.41) is 0. The zero-order chi connectivity index (χ0) is 18.8. The summed E-state index contributed by atoms with van der Waals surface area (Å²) in [5.74, 6) is 0.135. The van der Waals surface area contributed by atoms with E-state index in [0.717, 1.165) is 42.6 Å². The Morgan fingerprint density at radius 2 is 1.96 bits per heavy atom. The fourth-order valence-electron chi connectivity index (χ4n) is 3.97. The molecular weight excluding hydrogens is 328 g/mol. The fourth-order valence-corrected chi connectivity index (χ4v) is 3.97. The van der Waals surface area contributed by atoms with Crippen LogP contribution in [-0.4, -0.2) is 55.0 Å². The Balaban J connectivity index is 2.08. The van der Waals surface area contributed by atoms with Gasteiger partial charge in [0.2, 0.25) is 0 Å². The maximum absolute atomic E-state index is 13.2. The maximum atomic E-state index is 13.2. The summed E-state index contributed by atoms with van der Waals surface area (Å²) >= 11 is 0. The van der Waals surface area contributed by atoms with Gasteiger partial charge in [-0.3, -0.25) is 14.5 Å². The second kappa shape index (κ2) is 7.62. The molecule has 26 heavy (non-hydrogen) atoms. The Labute approximate surface area is 155 Å². The third-order valence-corrected chi connectivity index (χ3v) is 5.29. The van der Waals surface area contributed by atoms with Crippen molar-refractivity contribution in [2.24, 2.45) is 5.92 Å². The van der Waals surface area contributed by atoms with Crippen LogP contribution in [0.25, 0.3) is 5.57 Å². The number of amides is 2. The van der Waals surface area contributed by atoms with E-state index in [-0.39, 0.29) is 18.4 Å². The first kappa shape index (κ1) is 18.6. The van der Waals surface area contributed by atoms with Gasteiger partial charge < -0.3 is 9.64 Å². The monoisotopic (exact) mass is 356 g/mol. The molecule has 2 heterocycles. The van der Waals surface area contributed by atoms with Gasteiger partial charge in [0.1, 0.15) is 5.70 Å². The lowest BCUT2D eigenvalue weighted by atomic mass is 9.95. The maximum Gasteiger partial charge on any atom is 0.277 e. The first-order valence-electron chi connectivity index (χ1n) is 9.36. The molecule has 0 N–H and O–H groups in total. The molecule has 2 amide bonds. The van der Waals surface area contributed by atoms with Gasteiger partial charge in [0.05, 0.1) is 18.7 Å². The smallest absolute Gasteiger partial charge is 0.277 e. The second-order valence-electron chi connectivity index (χ2n) is 7.49. The largest absolute Gasteiger partial charge is 0.383 e. The zero-order valence-electron chi connectivity index (χ0n) is 16.2. The predicted octanol–water partition coefficient (Wildman–Crippen LogP) is 2.76. The minimum absolute atomic E-state index is 0.184. The van der Waals surface area contributed by atoms with Gasteiger partial charge in [-0.2, -0.15) is 0 Å². The summed E-state index contributed by atoms with van der Waals surface area (Å²) in [6.45, 7) is 8.52. The lowest BCUT2D eigenvalue weighted by Gasteiger charge is -2.33. The fraction of sp³-hybridized carbons (Fsp3) is 0.524. The van der Waals surface area contributed by atoms with Crippen molar-refractivity contribution in [3.05, 3.63) is 40.6 Å². The molecule has 0 aromatic heterocycles. The van der Waals surface area contributed by atoms with E-state index in [2.05, 4.69) is 17.9 Å². The van der Waals surface area contributed by atoms with E-state index in [9.17, 15) is 9.59 Å². The van der Waals surface area contributed by atoms with E-state index in [1.54, 1.807) is 7.11 Å². The predicted molar refractivity (Wildman–Crippen MR) is 101 cm³/mol. The third-order valence-electron chi connectivity index (χ3n) is 5.29. The molecule has 1 unspecified atom stereocenters. The van der Waals surface area contributed by atoms with Gasteiger partial charge in [-0.15, -0.1) is 0 Å². The van der Waals surface area contributed by atoms with Crippen LogP contribution >= 0.6 is 0 Å². The van der Waals surface area contributed by atoms with Gasteiger partial charge in [0, 0.05) is 20.2 Å². The molecule has 1 fully saturated rings. The highest BCUT2D eigenvalue weighted by Crippen LogP contribution is 2.35. The van der Waals surface area contributed by atoms with Gasteiger partial charge in [-0.05, 0) is 43.7 Å². The summed E-state index contributed by atoms with van der Waals surface area (Å²) < 4.78 is 5.10. The highest BCUT2D eigenvalue weighted by molar-refractivity contribution is 6.35. The minimum atomic E-state index is -0.202. The Hall–Kier alpha value is -2.14. The highest BCUT2D eigenvalue weighted by atomic mass is 16.5. The van der Waals surface area contributed by atoms with Gasteiger partial charge in [-0.25, -0.2) is 0 Å². The third kappa shape index (κ3) is 3.40. The topological polar surface area (TPSA) is 49.9 Å². The number of carbonyl (C=O) groups is 2. The second-order valence-corrected chi connectivity index (χ2v) is 7.49. The van der Waals surface area contributed by atoms with Crippen LogP contribution in [0.1, 0.15) is 36.5 Å². The number of hydrogen-bond donors (Lipinski definition) is 0. The van der Waals surface area contributed by atoms with Crippen LogP contribution in [0.5, 0.6) is 0 Å². The van der Waals surface area contributed by atoms with Crippen molar-refractivity contribution in [2.45, 2.75) is 33.6 Å². The number of rotatable bonds is 5. The van der Waals surface area contributed by atoms with Crippen molar-refractivity contribution in [3.8, 4) is 0 Å². The van der Waals surface area contributed by atoms with Gasteiger partial charge in [0.25, 0.3) is 11.8 Å². The van der Waals surface area contributed by atoms with Crippen molar-refractivity contribution < 1.29 is 14.3 Å². The number of likely N-dealkylation sites (tertiary alicyclic amines) is 1. The molecule has 1 saturated heterocycles. The van der Waals surface area contributed by atoms with Crippen molar-refractivity contribution in [1.82, 2.24) is 9.80 Å². The summed E-state index contributed by atoms with van der Waals surface area (Å²) in [6.07, 6.45) is 2.21. The number of imide groups is 1. The molecule has 1 atom stereocenters. The first-order chi connectivity index (χ1) is 12.4. The number of carbonyl (C=O) groups excluding carboxylic acids is 2. The number of benzene rings is 1. The van der Waals surface area contributed by atoms with Gasteiger partial charge in [0.15, 0.2) is 0 Å². The quantitative estimate of drug-likeness (QED) is 0.761. The molecule has 2 aliphatic rings. The summed E-state index contributed by atoms with van der Waals surface area (Å²) in [5.41, 5.74) is 4.16. The molecule has 3 rings (SSSR count). The van der Waals surface area contributed by atoms with Crippen LogP contribution in [0.15, 0.2) is 23.9 Å². The SMILES string of the molecule is COCCN1C(=O)C(c2ccc(C)cc2C)=C(N2CCCC(C)C2)C1=O. The number of nitrogens with zero attached hydrogens (tertiary/aromatic N) is 2. The van der Waals surface area contributed by atoms with Crippen LogP contribution < -0.4 is 0 Å². The Morgan fingerprint density at radius 1 is 1.19 bits per heavy atom. The van der Waals surface area contributed by atoms with E-state index in [1.165, 1.54) is 4.90 Å². The average Bonchev–Trinajstić information content (AvgIpc) is 2.84. The normalized spacial score (nSPS) is 21.2. The molecule has 2 aliphatic heterocycles. The summed E-state index contributed by atoms with van der Waals surface area (Å²) in [4.78, 5) is 29.8. The van der Waals surface area contributed by atoms with Gasteiger partial charge in [-0.1, -0.05) is 30.7 Å². The van der Waals surface area contributed by atoms with Gasteiger partial charge >= 0.3 is 0 Å². The van der Waals surface area contributed by atoms with E-state index < -0.39 is 0 Å². The number of ether oxygens (including phenoxy) is 1. The Morgan fingerprint density at radius 3 is 2.62 bits per heavy atom. The lowest BCUT2D eigenvalue weighted by Crippen LogP contribution is -2.40. The van der Waals surface area contributed by atoms with E-state index in [4.69, 9.17) is 4.74 Å². The number of hydrogen-bond acceptors (Lipinski definition) is 4. The molecule has 0 spiro atoms. The van der Waals surface area contributed by atoms with Crippen LogP contribution in [0.2, 0.25) is 0 Å². The molecule has 0 bridgehead atoms. The zero-order valence-corrected chi connectivity index (χ0v) is 16.2. The minimum Gasteiger partial charge on any atom is -0.383 e. The van der Waals surface area contributed by atoms with Crippen molar-refractivity contribution >= 4 is 17.4 Å². The molecule has 0 saturated carbocycles. The Kier molecular flexibility index (Phi) is 5.47. The number of aryl methyl sites for hydroxylation is 2. The molecule has 1 aromatic carbocycles. The van der Waals surface area contributed by atoms with E-state index in [1.807, 2.05) is 26.0 Å². The van der Waals surface area contributed by atoms with E-state index >= 15 is 0 Å². The number of methoxy groups -OCH3 is 1. The Bertz CT molecular complexity index is 754. The first-order valence-corrected chi connectivity index (χ1v) is 9.36. The molecule has 5 heteroatoms. The standard InChI is InChI=1S/C21H28N2O3/c1-14-7-8-17(16(3)12-14)18-19(22-9-5-6-15(2)13-22)21(25)23(20(18)24)10-11-26-4/h7-8,12,15H,5-6,9-11,13H2,1-4H3. The van der Waals surface area contributed by atoms with Crippen LogP contribution in [0.3, 0.4) is 0 Å². The van der Waals surface area contributed by atoms with Crippen molar-refractivity contribution in [1.29, 1.82) is 0 Å². The molecular formula is C21H28N2O3. The van der Waals surface area contributed by atoms with Crippen molar-refractivity contribution in [3.63, 3.8) is 0 Å². The average molecular weight is 356 g/mol. The van der Waals surface area contributed by atoms with Crippen LogP contribution in [0.4, 0.5) is 0 Å². The molecule has 0 aliphatic carbocycles. The molecule has 1 aromatic rings. The molecule has 5 nitrogen and oxygen atoms in total. The van der Waals surface area contributed by atoms with Crippen LogP contribution in [-0.2, 0) is 14.3 Å². The molecule has 0 radical (unpaired) electrons.